The number of hydrogen-bond donors (Lipinski definition) is 1. The van der Waals surface area contributed by atoms with Gasteiger partial charge in [0.2, 0.25) is 0 Å². The molecule has 0 radical (unpaired) electrons. The van der Waals surface area contributed by atoms with Crippen molar-refractivity contribution in [1.82, 2.24) is 4.72 Å². The number of nitrogens with one attached hydrogen (secondary N) is 1. The Bertz CT molecular complexity index is 97.1. The van der Waals surface area contributed by atoms with Crippen LogP contribution in [0.5, 0.6) is 0 Å². The third-order valence-electron chi connectivity index (χ3n) is 0.956. The molecule has 1 nitrogen and oxygen atoms in total. The molecule has 0 amide bonds. The summed E-state index contributed by atoms with van der Waals surface area (Å²) in [5, 5.41) is 2.01. The van der Waals surface area contributed by atoms with E-state index >= 15 is 0 Å². The minimum Gasteiger partial charge on any atom is -0.275 e. The van der Waals surface area contributed by atoms with Gasteiger partial charge in [0.25, 0.3) is 0 Å². The van der Waals surface area contributed by atoms with Crippen LogP contribution in [0.15, 0.2) is 12.0 Å². The highest BCUT2D eigenvalue weighted by Gasteiger charge is 2.05. The fourth-order valence-electron chi connectivity index (χ4n) is 0.656. The van der Waals surface area contributed by atoms with E-state index in [9.17, 15) is 0 Å². The average molecular weight is 147 g/mol. The molecule has 0 spiro atoms. The molecule has 0 aromatic heterocycles. The van der Waals surface area contributed by atoms with E-state index in [4.69, 9.17) is 0 Å². The maximum absolute atomic E-state index is 3.76. The van der Waals surface area contributed by atoms with Gasteiger partial charge in [-0.05, 0) is 31.8 Å². The van der Waals surface area contributed by atoms with Gasteiger partial charge in [0, 0.05) is 6.04 Å². The van der Waals surface area contributed by atoms with Gasteiger partial charge in [0.05, 0.1) is 0 Å². The number of hydrogen-bond acceptors (Lipinski definition) is 1. The van der Waals surface area contributed by atoms with E-state index in [2.05, 4.69) is 37.7 Å². The zero-order valence-corrected chi connectivity index (χ0v) is 7.59. The zero-order valence-electron chi connectivity index (χ0n) is 6.77. The van der Waals surface area contributed by atoms with Crippen molar-refractivity contribution in [3.63, 3.8) is 0 Å². The predicted octanol–water partition coefficient (Wildman–Crippen LogP) is 2.11. The van der Waals surface area contributed by atoms with Crippen LogP contribution in [0.25, 0.3) is 0 Å². The highest BCUT2D eigenvalue weighted by atomic mass is 32.3. The quantitative estimate of drug-likeness (QED) is 0.644. The summed E-state index contributed by atoms with van der Waals surface area (Å²) in [5.74, 6) is 0. The highest BCUT2D eigenvalue weighted by molar-refractivity contribution is 8.33. The summed E-state index contributed by atoms with van der Waals surface area (Å²) in [5.41, 5.74) is 0. The summed E-state index contributed by atoms with van der Waals surface area (Å²) in [6.45, 7) is 8.06. The monoisotopic (exact) mass is 147 g/mol. The Morgan fingerprint density at radius 2 is 1.89 bits per heavy atom. The molecule has 0 atom stereocenters. The Labute approximate surface area is 60.0 Å². The summed E-state index contributed by atoms with van der Waals surface area (Å²) in [6.07, 6.45) is 4.39. The Morgan fingerprint density at radius 1 is 1.44 bits per heavy atom. The normalized spacial score (nSPS) is 13.9. The van der Waals surface area contributed by atoms with Crippen molar-refractivity contribution in [2.45, 2.75) is 19.9 Å². The topological polar surface area (TPSA) is 12.0 Å². The summed E-state index contributed by atoms with van der Waals surface area (Å²) >= 11 is 0. The van der Waals surface area contributed by atoms with E-state index in [1.165, 1.54) is 0 Å². The van der Waals surface area contributed by atoms with E-state index in [0.717, 1.165) is 0 Å². The minimum absolute atomic E-state index is 0.563. The van der Waals surface area contributed by atoms with Crippen LogP contribution in [0.4, 0.5) is 0 Å². The first-order valence-electron chi connectivity index (χ1n) is 3.11. The van der Waals surface area contributed by atoms with Gasteiger partial charge in [-0.1, -0.05) is 6.58 Å². The first kappa shape index (κ1) is 9.05. The van der Waals surface area contributed by atoms with Crippen molar-refractivity contribution in [2.24, 2.45) is 0 Å². The molecule has 0 heterocycles. The van der Waals surface area contributed by atoms with Crippen LogP contribution in [0.1, 0.15) is 13.8 Å². The lowest BCUT2D eigenvalue weighted by Gasteiger charge is -2.30. The van der Waals surface area contributed by atoms with E-state index in [-0.39, 0.29) is 0 Å². The van der Waals surface area contributed by atoms with E-state index in [1.807, 2.05) is 5.41 Å². The zero-order chi connectivity index (χ0) is 7.49. The van der Waals surface area contributed by atoms with Crippen molar-refractivity contribution >= 4 is 10.2 Å². The van der Waals surface area contributed by atoms with Crippen LogP contribution < -0.4 is 4.72 Å². The second kappa shape index (κ2) is 3.28. The lowest BCUT2D eigenvalue weighted by molar-refractivity contribution is 0.765. The van der Waals surface area contributed by atoms with Gasteiger partial charge in [-0.2, -0.15) is 10.2 Å². The van der Waals surface area contributed by atoms with Crippen LogP contribution in [0.3, 0.4) is 0 Å². The molecule has 0 saturated carbocycles. The molecule has 2 heteroatoms. The Kier molecular flexibility index (Phi) is 3.30. The lowest BCUT2D eigenvalue weighted by Crippen LogP contribution is -2.24. The van der Waals surface area contributed by atoms with Crippen molar-refractivity contribution in [1.29, 1.82) is 0 Å². The van der Waals surface area contributed by atoms with Crippen molar-refractivity contribution < 1.29 is 0 Å². The van der Waals surface area contributed by atoms with Gasteiger partial charge in [0.1, 0.15) is 0 Å². The molecule has 0 aliphatic carbocycles. The predicted molar refractivity (Wildman–Crippen MR) is 47.9 cm³/mol. The van der Waals surface area contributed by atoms with Crippen molar-refractivity contribution in [2.75, 3.05) is 12.5 Å². The van der Waals surface area contributed by atoms with Crippen LogP contribution >= 0.6 is 10.2 Å². The maximum Gasteiger partial charge on any atom is 0.0103 e. The average Bonchev–Trinajstić information content (AvgIpc) is 1.63. The fraction of sp³-hybridized carbons (Fsp3) is 0.714. The van der Waals surface area contributed by atoms with E-state index < -0.39 is 10.2 Å². The van der Waals surface area contributed by atoms with Crippen molar-refractivity contribution in [3.8, 4) is 0 Å². The van der Waals surface area contributed by atoms with Crippen LogP contribution in [0.2, 0.25) is 0 Å². The molecule has 0 aliphatic heterocycles. The molecule has 0 fully saturated rings. The minimum atomic E-state index is -0.705. The summed E-state index contributed by atoms with van der Waals surface area (Å²) in [7, 11) is -0.705. The first-order chi connectivity index (χ1) is 3.98. The largest absolute Gasteiger partial charge is 0.275 e. The molecule has 0 aromatic carbocycles. The molecule has 1 N–H and O–H groups in total. The molecule has 56 valence electrons. The van der Waals surface area contributed by atoms with Crippen LogP contribution in [0, 0.1) is 0 Å². The van der Waals surface area contributed by atoms with Gasteiger partial charge in [0.15, 0.2) is 0 Å². The summed E-state index contributed by atoms with van der Waals surface area (Å²) in [6, 6.07) is 0.563. The molecule has 0 aliphatic rings. The van der Waals surface area contributed by atoms with Crippen LogP contribution in [-0.4, -0.2) is 18.6 Å². The molecule has 0 rings (SSSR count). The SMILES string of the molecule is C=CS(C)(C)NC(C)C. The third kappa shape index (κ3) is 4.55. The smallest absolute Gasteiger partial charge is 0.0103 e. The standard InChI is InChI=1S/C7H17NS/c1-6-9(4,5)8-7(2)3/h6-8H,1H2,2-5H3. The molecule has 0 bridgehead atoms. The van der Waals surface area contributed by atoms with Crippen LogP contribution in [-0.2, 0) is 0 Å². The molecule has 0 aromatic rings. The highest BCUT2D eigenvalue weighted by Crippen LogP contribution is 2.35. The van der Waals surface area contributed by atoms with Crippen molar-refractivity contribution in [3.05, 3.63) is 12.0 Å². The molecule has 0 saturated heterocycles. The maximum atomic E-state index is 3.76. The number of rotatable bonds is 3. The molecular formula is C7H17NS. The van der Waals surface area contributed by atoms with Gasteiger partial charge in [-0.3, -0.25) is 4.72 Å². The van der Waals surface area contributed by atoms with E-state index in [0.29, 0.717) is 6.04 Å². The Balaban J connectivity index is 3.71. The van der Waals surface area contributed by atoms with E-state index in [1.54, 1.807) is 0 Å². The van der Waals surface area contributed by atoms with Gasteiger partial charge < -0.3 is 0 Å². The summed E-state index contributed by atoms with van der Waals surface area (Å²) < 4.78 is 3.43. The lowest BCUT2D eigenvalue weighted by atomic mass is 10.4. The van der Waals surface area contributed by atoms with Gasteiger partial charge in [-0.15, -0.1) is 0 Å². The second-order valence-electron chi connectivity index (χ2n) is 2.84. The Morgan fingerprint density at radius 3 is 2.00 bits per heavy atom. The molecule has 0 unspecified atom stereocenters. The second-order valence-corrected chi connectivity index (χ2v) is 6.23. The summed E-state index contributed by atoms with van der Waals surface area (Å²) in [4.78, 5) is 0. The molecular weight excluding hydrogens is 130 g/mol. The Hall–Kier alpha value is 0.0500. The van der Waals surface area contributed by atoms with Gasteiger partial charge >= 0.3 is 0 Å². The third-order valence-corrected chi connectivity index (χ3v) is 2.87. The van der Waals surface area contributed by atoms with Gasteiger partial charge in [-0.25, -0.2) is 0 Å². The first-order valence-corrected chi connectivity index (χ1v) is 5.62. The fourth-order valence-corrected chi connectivity index (χ4v) is 1.97. The molecule has 9 heavy (non-hydrogen) atoms.